The fourth-order valence-electron chi connectivity index (χ4n) is 3.51. The number of amides is 1. The van der Waals surface area contributed by atoms with E-state index in [2.05, 4.69) is 15.3 Å². The number of aryl methyl sites for hydroxylation is 3. The Kier molecular flexibility index (Phi) is 5.51. The summed E-state index contributed by atoms with van der Waals surface area (Å²) in [4.78, 5) is 34.5. The number of nitrogens with one attached hydrogen (secondary N) is 1. The smallest absolute Gasteiger partial charge is 0.269 e. The number of anilines is 1. The normalized spacial score (nSPS) is 14.4. The van der Waals surface area contributed by atoms with E-state index < -0.39 is 4.92 Å². The predicted octanol–water partition coefficient (Wildman–Crippen LogP) is 4.91. The Morgan fingerprint density at radius 1 is 1.31 bits per heavy atom. The van der Waals surface area contributed by atoms with Crippen LogP contribution in [-0.2, 0) is 17.6 Å². The van der Waals surface area contributed by atoms with E-state index >= 15 is 0 Å². The van der Waals surface area contributed by atoms with Crippen molar-refractivity contribution in [3.05, 3.63) is 50.6 Å². The lowest BCUT2D eigenvalue weighted by Crippen LogP contribution is -2.23. The molecule has 0 unspecified atom stereocenters. The van der Waals surface area contributed by atoms with Gasteiger partial charge >= 0.3 is 0 Å². The molecule has 29 heavy (non-hydrogen) atoms. The van der Waals surface area contributed by atoms with E-state index in [-0.39, 0.29) is 16.8 Å². The molecular formula is C20H20N4O3S2. The summed E-state index contributed by atoms with van der Waals surface area (Å²) in [6, 6.07) is 4.42. The summed E-state index contributed by atoms with van der Waals surface area (Å²) in [5.74, 6) is -0.164. The zero-order valence-electron chi connectivity index (χ0n) is 16.1. The van der Waals surface area contributed by atoms with Gasteiger partial charge in [-0.3, -0.25) is 14.9 Å². The molecule has 9 heteroatoms. The molecule has 7 nitrogen and oxygen atoms in total. The van der Waals surface area contributed by atoms with Crippen LogP contribution in [0.3, 0.4) is 0 Å². The van der Waals surface area contributed by atoms with Gasteiger partial charge in [0.1, 0.15) is 16.2 Å². The van der Waals surface area contributed by atoms with Gasteiger partial charge in [0.05, 0.1) is 10.2 Å². The lowest BCUT2D eigenvalue weighted by Gasteiger charge is -2.15. The first kappa shape index (κ1) is 19.8. The van der Waals surface area contributed by atoms with Gasteiger partial charge in [0.2, 0.25) is 5.91 Å². The summed E-state index contributed by atoms with van der Waals surface area (Å²) in [5.41, 5.74) is 2.58. The van der Waals surface area contributed by atoms with Crippen LogP contribution in [0.5, 0.6) is 0 Å². The van der Waals surface area contributed by atoms with Gasteiger partial charge in [-0.1, -0.05) is 11.8 Å². The molecule has 0 fully saturated rings. The number of thiophene rings is 1. The van der Waals surface area contributed by atoms with Gasteiger partial charge in [0, 0.05) is 28.1 Å². The van der Waals surface area contributed by atoms with E-state index in [0.29, 0.717) is 11.3 Å². The van der Waals surface area contributed by atoms with Crippen molar-refractivity contribution >= 4 is 50.6 Å². The number of carbonyl (C=O) groups is 1. The second kappa shape index (κ2) is 8.08. The maximum Gasteiger partial charge on any atom is 0.269 e. The lowest BCUT2D eigenvalue weighted by atomic mass is 9.97. The number of nitro groups is 1. The number of carbonyl (C=O) groups excluding carboxylic acids is 1. The highest BCUT2D eigenvalue weighted by molar-refractivity contribution is 8.00. The zero-order valence-corrected chi connectivity index (χ0v) is 17.7. The maximum absolute atomic E-state index is 12.7. The number of nitro benzene ring substituents is 1. The summed E-state index contributed by atoms with van der Waals surface area (Å²) in [6.07, 6.45) is 6.09. The molecule has 0 bridgehead atoms. The number of thioether (sulfide) groups is 1. The van der Waals surface area contributed by atoms with Gasteiger partial charge in [0.25, 0.3) is 5.69 Å². The Bertz CT molecular complexity index is 1110. The summed E-state index contributed by atoms with van der Waals surface area (Å²) < 4.78 is 0. The molecule has 150 valence electrons. The van der Waals surface area contributed by atoms with Gasteiger partial charge in [-0.25, -0.2) is 9.97 Å². The minimum atomic E-state index is -0.445. The first-order valence-electron chi connectivity index (χ1n) is 9.42. The van der Waals surface area contributed by atoms with E-state index in [1.165, 1.54) is 47.2 Å². The van der Waals surface area contributed by atoms with Crippen LogP contribution in [0.2, 0.25) is 0 Å². The second-order valence-electron chi connectivity index (χ2n) is 7.08. The first-order valence-corrected chi connectivity index (χ1v) is 11.1. The Hall–Kier alpha value is -2.52. The number of non-ortho nitro benzene ring substituents is 1. The Morgan fingerprint density at radius 3 is 2.86 bits per heavy atom. The van der Waals surface area contributed by atoms with Crippen LogP contribution in [0.1, 0.15) is 35.8 Å². The van der Waals surface area contributed by atoms with E-state index in [1.807, 2.05) is 6.92 Å². The van der Waals surface area contributed by atoms with Crippen LogP contribution >= 0.6 is 23.1 Å². The SMILES string of the molecule is Cc1cc([N+](=O)[O-])ccc1NC(=O)[C@H](C)Sc1ncnc2sc3c(c12)CCCC3. The number of benzene rings is 1. The number of aromatic nitrogens is 2. The third-order valence-electron chi connectivity index (χ3n) is 5.05. The molecule has 0 saturated carbocycles. The van der Waals surface area contributed by atoms with Gasteiger partial charge in [-0.2, -0.15) is 0 Å². The van der Waals surface area contributed by atoms with Crippen molar-refractivity contribution in [1.29, 1.82) is 0 Å². The number of nitrogens with zero attached hydrogens (tertiary/aromatic N) is 3. The van der Waals surface area contributed by atoms with Gasteiger partial charge in [0.15, 0.2) is 0 Å². The fraction of sp³-hybridized carbons (Fsp3) is 0.350. The largest absolute Gasteiger partial charge is 0.325 e. The van der Waals surface area contributed by atoms with Crippen molar-refractivity contribution in [3.8, 4) is 0 Å². The molecule has 2 heterocycles. The molecule has 1 amide bonds. The molecule has 0 aliphatic heterocycles. The lowest BCUT2D eigenvalue weighted by molar-refractivity contribution is -0.384. The summed E-state index contributed by atoms with van der Waals surface area (Å²) in [6.45, 7) is 3.58. The molecule has 4 rings (SSSR count). The van der Waals surface area contributed by atoms with Crippen molar-refractivity contribution in [3.63, 3.8) is 0 Å². The fourth-order valence-corrected chi connectivity index (χ4v) is 5.75. The molecular weight excluding hydrogens is 408 g/mol. The average Bonchev–Trinajstić information content (AvgIpc) is 3.08. The van der Waals surface area contributed by atoms with Crippen LogP contribution in [0.4, 0.5) is 11.4 Å². The van der Waals surface area contributed by atoms with Crippen LogP contribution < -0.4 is 5.32 Å². The standard InChI is InChI=1S/C20H20N4O3S2/c1-11-9-13(24(26)27)7-8-15(11)23-18(25)12(2)28-19-17-14-5-3-4-6-16(14)29-20(17)22-10-21-19/h7-10,12H,3-6H2,1-2H3,(H,23,25)/t12-/m0/s1. The zero-order chi connectivity index (χ0) is 20.5. The topological polar surface area (TPSA) is 98.0 Å². The molecule has 1 aromatic carbocycles. The molecule has 1 aliphatic carbocycles. The molecule has 0 saturated heterocycles. The van der Waals surface area contributed by atoms with Crippen LogP contribution in [0, 0.1) is 17.0 Å². The average molecular weight is 429 g/mol. The minimum absolute atomic E-state index is 0.00790. The Morgan fingerprint density at radius 2 is 2.10 bits per heavy atom. The van der Waals surface area contributed by atoms with Gasteiger partial charge < -0.3 is 5.32 Å². The van der Waals surface area contributed by atoms with Gasteiger partial charge in [-0.15, -0.1) is 11.3 Å². The Balaban J connectivity index is 1.54. The minimum Gasteiger partial charge on any atom is -0.325 e. The number of hydrogen-bond acceptors (Lipinski definition) is 7. The molecule has 2 aromatic heterocycles. The van der Waals surface area contributed by atoms with Crippen LogP contribution in [0.25, 0.3) is 10.2 Å². The molecule has 0 spiro atoms. The van der Waals surface area contributed by atoms with Crippen molar-refractivity contribution < 1.29 is 9.72 Å². The Labute approximate surface area is 176 Å². The molecule has 1 aliphatic rings. The second-order valence-corrected chi connectivity index (χ2v) is 9.49. The number of hydrogen-bond donors (Lipinski definition) is 1. The van der Waals surface area contributed by atoms with Crippen molar-refractivity contribution in [2.75, 3.05) is 5.32 Å². The third kappa shape index (κ3) is 3.97. The highest BCUT2D eigenvalue weighted by Crippen LogP contribution is 2.40. The highest BCUT2D eigenvalue weighted by atomic mass is 32.2. The summed E-state index contributed by atoms with van der Waals surface area (Å²) in [5, 5.41) is 15.3. The van der Waals surface area contributed by atoms with Crippen molar-refractivity contribution in [1.82, 2.24) is 9.97 Å². The summed E-state index contributed by atoms with van der Waals surface area (Å²) >= 11 is 3.16. The molecule has 0 radical (unpaired) electrons. The van der Waals surface area contributed by atoms with E-state index in [9.17, 15) is 14.9 Å². The van der Waals surface area contributed by atoms with Crippen molar-refractivity contribution in [2.45, 2.75) is 49.8 Å². The molecule has 1 N–H and O–H groups in total. The predicted molar refractivity (Wildman–Crippen MR) is 116 cm³/mol. The first-order chi connectivity index (χ1) is 13.9. The van der Waals surface area contributed by atoms with Gasteiger partial charge in [-0.05, 0) is 56.7 Å². The summed E-state index contributed by atoms with van der Waals surface area (Å²) in [7, 11) is 0. The van der Waals surface area contributed by atoms with E-state index in [0.717, 1.165) is 28.1 Å². The van der Waals surface area contributed by atoms with E-state index in [4.69, 9.17) is 0 Å². The maximum atomic E-state index is 12.7. The van der Waals surface area contributed by atoms with Crippen molar-refractivity contribution in [2.24, 2.45) is 0 Å². The van der Waals surface area contributed by atoms with E-state index in [1.54, 1.807) is 30.7 Å². The van der Waals surface area contributed by atoms with Crippen LogP contribution in [0.15, 0.2) is 29.6 Å². The highest BCUT2D eigenvalue weighted by Gasteiger charge is 2.23. The number of rotatable bonds is 5. The third-order valence-corrected chi connectivity index (χ3v) is 7.35. The molecule has 1 atom stereocenters. The van der Waals surface area contributed by atoms with Crippen LogP contribution in [-0.4, -0.2) is 26.0 Å². The molecule has 3 aromatic rings. The number of fused-ring (bicyclic) bond motifs is 3. The quantitative estimate of drug-likeness (QED) is 0.268. The monoisotopic (exact) mass is 428 g/mol.